The van der Waals surface area contributed by atoms with E-state index < -0.39 is 11.0 Å². The molecule has 18 heavy (non-hydrogen) atoms. The van der Waals surface area contributed by atoms with Crippen LogP contribution in [0.5, 0.6) is 11.5 Å². The number of nitro benzene ring substituents is 1. The molecule has 1 rings (SSSR count). The van der Waals surface area contributed by atoms with Gasteiger partial charge in [0.2, 0.25) is 0 Å². The topological polar surface area (TPSA) is 108 Å². The Morgan fingerprint density at radius 1 is 1.39 bits per heavy atom. The Bertz CT molecular complexity index is 436. The maximum Gasteiger partial charge on any atom is 0.278 e. The van der Waals surface area contributed by atoms with Crippen LogP contribution in [-0.4, -0.2) is 30.9 Å². The first-order valence-electron chi connectivity index (χ1n) is 5.31. The van der Waals surface area contributed by atoms with Crippen LogP contribution in [-0.2, 0) is 0 Å². The van der Waals surface area contributed by atoms with E-state index >= 15 is 0 Å². The summed E-state index contributed by atoms with van der Waals surface area (Å²) in [5.41, 5.74) is 5.97. The summed E-state index contributed by atoms with van der Waals surface area (Å²) in [6.07, 6.45) is 0.232. The second-order valence-electron chi connectivity index (χ2n) is 3.64. The van der Waals surface area contributed by atoms with E-state index in [1.807, 2.05) is 0 Å². The summed E-state index contributed by atoms with van der Waals surface area (Å²) in [4.78, 5) is 10.5. The predicted octanol–water partition coefficient (Wildman–Crippen LogP) is 0.994. The molecule has 0 spiro atoms. The molecule has 1 atom stereocenters. The van der Waals surface area contributed by atoms with Crippen LogP contribution in [0.3, 0.4) is 0 Å². The lowest BCUT2D eigenvalue weighted by molar-refractivity contribution is -0.385. The fourth-order valence-electron chi connectivity index (χ4n) is 1.63. The van der Waals surface area contributed by atoms with Crippen LogP contribution in [0.4, 0.5) is 5.69 Å². The quantitative estimate of drug-likeness (QED) is 0.580. The third-order valence-electron chi connectivity index (χ3n) is 2.57. The molecule has 7 heteroatoms. The number of benzene rings is 1. The molecule has 0 aliphatic rings. The minimum atomic E-state index is -0.629. The molecule has 0 bridgehead atoms. The van der Waals surface area contributed by atoms with E-state index in [0.29, 0.717) is 11.3 Å². The predicted molar refractivity (Wildman–Crippen MR) is 64.8 cm³/mol. The third-order valence-corrected chi connectivity index (χ3v) is 2.57. The molecule has 0 saturated heterocycles. The van der Waals surface area contributed by atoms with Crippen LogP contribution < -0.4 is 15.2 Å². The number of hydrogen-bond donors (Lipinski definition) is 2. The summed E-state index contributed by atoms with van der Waals surface area (Å²) in [6, 6.07) is 2.11. The van der Waals surface area contributed by atoms with Gasteiger partial charge in [0.05, 0.1) is 30.8 Å². The first-order chi connectivity index (χ1) is 8.54. The second-order valence-corrected chi connectivity index (χ2v) is 3.64. The molecule has 0 fully saturated rings. The monoisotopic (exact) mass is 256 g/mol. The van der Waals surface area contributed by atoms with E-state index in [1.54, 1.807) is 0 Å². The zero-order valence-electron chi connectivity index (χ0n) is 10.3. The van der Waals surface area contributed by atoms with E-state index in [4.69, 9.17) is 20.3 Å². The highest BCUT2D eigenvalue weighted by atomic mass is 16.6. The number of ether oxygens (including phenoxy) is 2. The molecule has 7 nitrogen and oxygen atoms in total. The standard InChI is InChI=1S/C11H16N2O5/c1-17-10-5-7(8(12)3-4-14)9(13(15)16)6-11(10)18-2/h5-6,8,14H,3-4,12H2,1-2H3/t8-/m0/s1. The molecule has 1 aromatic rings. The van der Waals surface area contributed by atoms with Crippen molar-refractivity contribution in [3.8, 4) is 11.5 Å². The SMILES string of the molecule is COc1cc([C@@H](N)CCO)c([N+](=O)[O-])cc1OC. The number of nitro groups is 1. The molecule has 3 N–H and O–H groups in total. The first kappa shape index (κ1) is 14.2. The summed E-state index contributed by atoms with van der Waals surface area (Å²) >= 11 is 0. The number of hydrogen-bond acceptors (Lipinski definition) is 6. The Balaban J connectivity index is 3.33. The smallest absolute Gasteiger partial charge is 0.278 e. The molecule has 100 valence electrons. The van der Waals surface area contributed by atoms with E-state index in [9.17, 15) is 10.1 Å². The fraction of sp³-hybridized carbons (Fsp3) is 0.455. The highest BCUT2D eigenvalue weighted by Gasteiger charge is 2.23. The Kier molecular flexibility index (Phi) is 4.87. The number of nitrogens with zero attached hydrogens (tertiary/aromatic N) is 1. The minimum Gasteiger partial charge on any atom is -0.493 e. The van der Waals surface area contributed by atoms with Crippen LogP contribution in [0.2, 0.25) is 0 Å². The van der Waals surface area contributed by atoms with E-state index in [0.717, 1.165) is 0 Å². The van der Waals surface area contributed by atoms with Crippen LogP contribution in [0.15, 0.2) is 12.1 Å². The van der Waals surface area contributed by atoms with Gasteiger partial charge in [-0.1, -0.05) is 0 Å². The normalized spacial score (nSPS) is 12.0. The number of rotatable bonds is 6. The average molecular weight is 256 g/mol. The van der Waals surface area contributed by atoms with Gasteiger partial charge in [0.25, 0.3) is 5.69 Å². The van der Waals surface area contributed by atoms with Crippen molar-refractivity contribution in [3.63, 3.8) is 0 Å². The molecule has 0 aliphatic carbocycles. The van der Waals surface area contributed by atoms with Crippen molar-refractivity contribution in [1.82, 2.24) is 0 Å². The lowest BCUT2D eigenvalue weighted by atomic mass is 10.0. The van der Waals surface area contributed by atoms with Gasteiger partial charge in [-0.3, -0.25) is 10.1 Å². The Morgan fingerprint density at radius 3 is 2.39 bits per heavy atom. The molecule has 0 radical (unpaired) electrons. The van der Waals surface area contributed by atoms with Gasteiger partial charge in [0.15, 0.2) is 11.5 Å². The van der Waals surface area contributed by atoms with Crippen molar-refractivity contribution in [2.24, 2.45) is 5.73 Å². The zero-order valence-corrected chi connectivity index (χ0v) is 10.3. The van der Waals surface area contributed by atoms with Crippen molar-refractivity contribution in [2.75, 3.05) is 20.8 Å². The van der Waals surface area contributed by atoms with Crippen LogP contribution >= 0.6 is 0 Å². The first-order valence-corrected chi connectivity index (χ1v) is 5.31. The fourth-order valence-corrected chi connectivity index (χ4v) is 1.63. The largest absolute Gasteiger partial charge is 0.493 e. The summed E-state index contributed by atoms with van der Waals surface area (Å²) in [7, 11) is 2.83. The number of aliphatic hydroxyl groups is 1. The van der Waals surface area contributed by atoms with Crippen molar-refractivity contribution < 1.29 is 19.5 Å². The zero-order chi connectivity index (χ0) is 13.7. The Labute approximate surface area is 104 Å². The van der Waals surface area contributed by atoms with Crippen molar-refractivity contribution >= 4 is 5.69 Å². The molecule has 0 aliphatic heterocycles. The maximum atomic E-state index is 11.0. The van der Waals surface area contributed by atoms with Gasteiger partial charge in [-0.25, -0.2) is 0 Å². The number of methoxy groups -OCH3 is 2. The molecule has 0 heterocycles. The van der Waals surface area contributed by atoms with Crippen molar-refractivity contribution in [3.05, 3.63) is 27.8 Å². The van der Waals surface area contributed by atoms with E-state index in [1.165, 1.54) is 26.4 Å². The summed E-state index contributed by atoms with van der Waals surface area (Å²) in [6.45, 7) is -0.146. The lowest BCUT2D eigenvalue weighted by Gasteiger charge is -2.14. The molecule has 0 unspecified atom stereocenters. The maximum absolute atomic E-state index is 11.0. The highest BCUT2D eigenvalue weighted by Crippen LogP contribution is 2.37. The van der Waals surface area contributed by atoms with Gasteiger partial charge in [-0.15, -0.1) is 0 Å². The summed E-state index contributed by atoms with van der Waals surface area (Å²) in [5, 5.41) is 19.8. The molecular weight excluding hydrogens is 240 g/mol. The highest BCUT2D eigenvalue weighted by molar-refractivity contribution is 5.55. The second kappa shape index (κ2) is 6.18. The van der Waals surface area contributed by atoms with Crippen LogP contribution in [0, 0.1) is 10.1 Å². The third kappa shape index (κ3) is 2.88. The molecule has 0 aromatic heterocycles. The minimum absolute atomic E-state index is 0.145. The summed E-state index contributed by atoms with van der Waals surface area (Å²) < 4.78 is 10.1. The van der Waals surface area contributed by atoms with Crippen molar-refractivity contribution in [2.45, 2.75) is 12.5 Å². The van der Waals surface area contributed by atoms with Gasteiger partial charge in [-0.2, -0.15) is 0 Å². The summed E-state index contributed by atoms with van der Waals surface area (Å²) in [5.74, 6) is 0.635. The van der Waals surface area contributed by atoms with Gasteiger partial charge in [0.1, 0.15) is 0 Å². The van der Waals surface area contributed by atoms with Gasteiger partial charge in [-0.05, 0) is 12.5 Å². The van der Waals surface area contributed by atoms with Gasteiger partial charge >= 0.3 is 0 Å². The lowest BCUT2D eigenvalue weighted by Crippen LogP contribution is -2.14. The number of nitrogens with two attached hydrogens (primary N) is 1. The molecule has 1 aromatic carbocycles. The molecular formula is C11H16N2O5. The molecule has 0 amide bonds. The van der Waals surface area contributed by atoms with E-state index in [2.05, 4.69) is 0 Å². The van der Waals surface area contributed by atoms with Crippen LogP contribution in [0.25, 0.3) is 0 Å². The molecule has 0 saturated carbocycles. The van der Waals surface area contributed by atoms with E-state index in [-0.39, 0.29) is 24.5 Å². The van der Waals surface area contributed by atoms with Crippen molar-refractivity contribution in [1.29, 1.82) is 0 Å². The van der Waals surface area contributed by atoms with Gasteiger partial charge in [0, 0.05) is 12.6 Å². The van der Waals surface area contributed by atoms with Gasteiger partial charge < -0.3 is 20.3 Å². The Hall–Kier alpha value is -1.86. The average Bonchev–Trinajstić information content (AvgIpc) is 2.37. The number of aliphatic hydroxyl groups excluding tert-OH is 1. The van der Waals surface area contributed by atoms with Crippen LogP contribution in [0.1, 0.15) is 18.0 Å². The Morgan fingerprint density at radius 2 is 1.94 bits per heavy atom.